The number of rotatable bonds is 5. The topological polar surface area (TPSA) is 118 Å². The fraction of sp³-hybridized carbons (Fsp3) is 0.333. The Bertz CT molecular complexity index is 639. The van der Waals surface area contributed by atoms with Crippen LogP contribution in [-0.4, -0.2) is 65.7 Å². The number of carboxylic acid groups (broad SMARTS) is 1. The van der Waals surface area contributed by atoms with Crippen LogP contribution in [0.4, 0.5) is 0 Å². The van der Waals surface area contributed by atoms with Crippen LogP contribution in [0.2, 0.25) is 0 Å². The molecule has 0 saturated carbocycles. The van der Waals surface area contributed by atoms with Gasteiger partial charge in [0, 0.05) is 0 Å². The minimum atomic E-state index is -4.74. The van der Waals surface area contributed by atoms with E-state index in [2.05, 4.69) is 0 Å². The Kier molecular flexibility index (Phi) is 7.55. The van der Waals surface area contributed by atoms with Crippen LogP contribution in [0.1, 0.15) is 41.0 Å². The predicted octanol–water partition coefficient (Wildman–Crippen LogP) is 0.938. The van der Waals surface area contributed by atoms with Gasteiger partial charge in [0.15, 0.2) is 0 Å². The summed E-state index contributed by atoms with van der Waals surface area (Å²) in [5, 5.41) is 8.80. The van der Waals surface area contributed by atoms with Crippen LogP contribution in [0.25, 0.3) is 0 Å². The summed E-state index contributed by atoms with van der Waals surface area (Å²) in [4.78, 5) is 21.8. The minimum absolute atomic E-state index is 0. The van der Waals surface area contributed by atoms with Gasteiger partial charge < -0.3 is 9.84 Å². The van der Waals surface area contributed by atoms with Crippen LogP contribution >= 0.6 is 0 Å². The zero-order chi connectivity index (χ0) is 15.5. The molecule has 0 bridgehead atoms. The maximum atomic E-state index is 11.8. The third-order valence-electron chi connectivity index (χ3n) is 2.61. The molecule has 0 aliphatic carbocycles. The molecule has 0 amide bonds. The summed E-state index contributed by atoms with van der Waals surface area (Å²) in [6, 6.07) is 2.77. The second-order valence-corrected chi connectivity index (χ2v) is 5.51. The van der Waals surface area contributed by atoms with Gasteiger partial charge in [0.1, 0.15) is 4.90 Å². The van der Waals surface area contributed by atoms with Crippen LogP contribution in [0.5, 0.6) is 0 Å². The molecule has 112 valence electrons. The first-order valence-corrected chi connectivity index (χ1v) is 7.16. The second kappa shape index (κ2) is 7.90. The number of carboxylic acids is 1. The first kappa shape index (κ1) is 20.1. The summed E-state index contributed by atoms with van der Waals surface area (Å²) in [6.45, 7) is 3.39. The Morgan fingerprint density at radius 2 is 1.90 bits per heavy atom. The quantitative estimate of drug-likeness (QED) is 0.469. The second-order valence-electron chi connectivity index (χ2n) is 4.12. The third-order valence-corrected chi connectivity index (χ3v) is 3.50. The Hall–Kier alpha value is -0.930. The third kappa shape index (κ3) is 5.40. The molecule has 0 aliphatic rings. The van der Waals surface area contributed by atoms with Gasteiger partial charge in [0.05, 0.1) is 17.2 Å². The van der Waals surface area contributed by atoms with Crippen molar-refractivity contribution in [2.45, 2.75) is 31.3 Å². The monoisotopic (exact) mass is 326 g/mol. The molecule has 0 aliphatic heterocycles. The van der Waals surface area contributed by atoms with E-state index in [4.69, 9.17) is 14.4 Å². The summed E-state index contributed by atoms with van der Waals surface area (Å²) < 4.78 is 36.5. The van der Waals surface area contributed by atoms with E-state index in [1.165, 1.54) is 0 Å². The van der Waals surface area contributed by atoms with Crippen molar-refractivity contribution in [3.05, 3.63) is 29.3 Å². The van der Waals surface area contributed by atoms with E-state index >= 15 is 0 Å². The van der Waals surface area contributed by atoms with E-state index in [1.807, 2.05) is 0 Å². The fourth-order valence-corrected chi connectivity index (χ4v) is 2.07. The van der Waals surface area contributed by atoms with Crippen LogP contribution in [0, 0.1) is 0 Å². The van der Waals surface area contributed by atoms with Gasteiger partial charge in [-0.1, -0.05) is 6.92 Å². The first-order valence-electron chi connectivity index (χ1n) is 5.72. The van der Waals surface area contributed by atoms with Crippen LogP contribution in [0.3, 0.4) is 0 Å². The number of ether oxygens (including phenoxy) is 1. The molecule has 0 spiro atoms. The molecule has 1 unspecified atom stereocenters. The van der Waals surface area contributed by atoms with Crippen molar-refractivity contribution in [3.8, 4) is 0 Å². The molecule has 0 aromatic heterocycles. The number of carbonyl (C=O) groups is 2. The molecule has 1 atom stereocenters. The van der Waals surface area contributed by atoms with Crippen molar-refractivity contribution in [3.63, 3.8) is 0 Å². The molecule has 0 radical (unpaired) electrons. The van der Waals surface area contributed by atoms with Gasteiger partial charge >= 0.3 is 41.5 Å². The Labute approximate surface area is 144 Å². The van der Waals surface area contributed by atoms with E-state index in [0.29, 0.717) is 12.5 Å². The van der Waals surface area contributed by atoms with Gasteiger partial charge in [-0.2, -0.15) is 8.42 Å². The number of hydrogen-bond acceptors (Lipinski definition) is 5. The molecule has 21 heavy (non-hydrogen) atoms. The molecule has 9 heteroatoms. The first-order chi connectivity index (χ1) is 9.16. The standard InChI is InChI=1S/C12H14O7S.Na.H/c1-3-7(2)19-12(15)9-5-4-8(11(13)14)6-10(9)20(16,17)18;;/h4-7H,3H2,1-2H3,(H,13,14)(H,16,17,18);;. The van der Waals surface area contributed by atoms with Gasteiger partial charge in [-0.25, -0.2) is 9.59 Å². The number of esters is 1. The van der Waals surface area contributed by atoms with E-state index in [1.54, 1.807) is 13.8 Å². The van der Waals surface area contributed by atoms with Crippen molar-refractivity contribution in [2.24, 2.45) is 0 Å². The zero-order valence-corrected chi connectivity index (χ0v) is 11.7. The summed E-state index contributed by atoms with van der Waals surface area (Å²) >= 11 is 0. The van der Waals surface area contributed by atoms with Crippen LogP contribution in [-0.2, 0) is 14.9 Å². The molecular formula is C12H15NaO7S. The van der Waals surface area contributed by atoms with Crippen LogP contribution in [0.15, 0.2) is 23.1 Å². The maximum absolute atomic E-state index is 11.8. The molecule has 0 fully saturated rings. The summed E-state index contributed by atoms with van der Waals surface area (Å²) in [6.07, 6.45) is 0.0936. The Morgan fingerprint density at radius 3 is 2.33 bits per heavy atom. The zero-order valence-electron chi connectivity index (χ0n) is 10.9. The van der Waals surface area contributed by atoms with Crippen LogP contribution < -0.4 is 0 Å². The number of hydrogen-bond donors (Lipinski definition) is 2. The average Bonchev–Trinajstić information content (AvgIpc) is 2.36. The van der Waals surface area contributed by atoms with E-state index < -0.39 is 38.6 Å². The van der Waals surface area contributed by atoms with Gasteiger partial charge in [-0.05, 0) is 31.5 Å². The molecule has 7 nitrogen and oxygen atoms in total. The van der Waals surface area contributed by atoms with Gasteiger partial charge in [-0.15, -0.1) is 0 Å². The van der Waals surface area contributed by atoms with E-state index in [0.717, 1.165) is 12.1 Å². The molecule has 1 aromatic rings. The van der Waals surface area contributed by atoms with Crippen molar-refractivity contribution in [1.29, 1.82) is 0 Å². The molecular weight excluding hydrogens is 311 g/mol. The van der Waals surface area contributed by atoms with Gasteiger partial charge in [0.2, 0.25) is 0 Å². The number of aromatic carboxylic acids is 1. The summed E-state index contributed by atoms with van der Waals surface area (Å²) in [5.74, 6) is -2.32. The van der Waals surface area contributed by atoms with Gasteiger partial charge in [0.25, 0.3) is 10.1 Å². The summed E-state index contributed by atoms with van der Waals surface area (Å²) in [5.41, 5.74) is -0.768. The fourth-order valence-electron chi connectivity index (χ4n) is 1.37. The Morgan fingerprint density at radius 1 is 1.33 bits per heavy atom. The number of carbonyl (C=O) groups excluding carboxylic acids is 1. The van der Waals surface area contributed by atoms with Crippen molar-refractivity contribution in [2.75, 3.05) is 0 Å². The van der Waals surface area contributed by atoms with E-state index in [-0.39, 0.29) is 35.1 Å². The summed E-state index contributed by atoms with van der Waals surface area (Å²) in [7, 11) is -4.74. The Balaban J connectivity index is 0.00000400. The van der Waals surface area contributed by atoms with Crippen molar-refractivity contribution in [1.82, 2.24) is 0 Å². The predicted molar refractivity (Wildman–Crippen MR) is 75.5 cm³/mol. The molecule has 1 rings (SSSR count). The molecule has 0 saturated heterocycles. The molecule has 0 heterocycles. The molecule has 2 N–H and O–H groups in total. The SMILES string of the molecule is CCC(C)OC(=O)c1ccc(C(=O)O)cc1S(=O)(=O)O.[NaH]. The average molecular weight is 326 g/mol. The van der Waals surface area contributed by atoms with Crippen molar-refractivity contribution >= 4 is 51.6 Å². The molecule has 1 aromatic carbocycles. The number of benzene rings is 1. The van der Waals surface area contributed by atoms with Crippen molar-refractivity contribution < 1.29 is 32.4 Å². The normalized spacial score (nSPS) is 12.1. The van der Waals surface area contributed by atoms with Gasteiger partial charge in [-0.3, -0.25) is 4.55 Å². The van der Waals surface area contributed by atoms with E-state index in [9.17, 15) is 18.0 Å².